The van der Waals surface area contributed by atoms with Crippen LogP contribution in [0.15, 0.2) is 5.38 Å². The van der Waals surface area contributed by atoms with Crippen LogP contribution in [0.2, 0.25) is 0 Å². The van der Waals surface area contributed by atoms with Crippen molar-refractivity contribution < 1.29 is 23.7 Å². The molecule has 1 amide bonds. The van der Waals surface area contributed by atoms with Crippen molar-refractivity contribution in [2.75, 3.05) is 33.0 Å². The second kappa shape index (κ2) is 6.67. The Morgan fingerprint density at radius 2 is 2.13 bits per heavy atom. The minimum absolute atomic E-state index is 0.0289. The van der Waals surface area contributed by atoms with Gasteiger partial charge in [0.1, 0.15) is 18.1 Å². The summed E-state index contributed by atoms with van der Waals surface area (Å²) in [6.45, 7) is 2.98. The molecule has 2 fully saturated rings. The third kappa shape index (κ3) is 3.46. The molecule has 0 bridgehead atoms. The van der Waals surface area contributed by atoms with Gasteiger partial charge in [-0.15, -0.1) is 11.3 Å². The largest absolute Gasteiger partial charge is 0.485 e. The van der Waals surface area contributed by atoms with Gasteiger partial charge in [0, 0.05) is 18.6 Å². The molecule has 0 unspecified atom stereocenters. The number of hydrogen-bond donors (Lipinski definition) is 1. The molecule has 6 nitrogen and oxygen atoms in total. The molecule has 0 spiro atoms. The monoisotopic (exact) mass is 339 g/mol. The standard InChI is InChI=1S/C16H21NO5S/c18-16(15-14-13(9-23-15)20-5-6-21-14)17-11-8-19-4-3-12(11)22-7-10-1-2-10/h9-12H,1-8H2,(H,17,18)/t11-,12+/m1/s1. The van der Waals surface area contributed by atoms with Gasteiger partial charge >= 0.3 is 0 Å². The smallest absolute Gasteiger partial charge is 0.265 e. The molecule has 1 aliphatic carbocycles. The summed E-state index contributed by atoms with van der Waals surface area (Å²) in [5.74, 6) is 1.79. The molecule has 4 rings (SSSR count). The van der Waals surface area contributed by atoms with Crippen LogP contribution in [0.1, 0.15) is 28.9 Å². The quantitative estimate of drug-likeness (QED) is 0.887. The molecule has 1 saturated carbocycles. The molecule has 126 valence electrons. The van der Waals surface area contributed by atoms with Gasteiger partial charge < -0.3 is 24.3 Å². The molecule has 1 aromatic rings. The van der Waals surface area contributed by atoms with Gasteiger partial charge in [-0.1, -0.05) is 0 Å². The average molecular weight is 339 g/mol. The lowest BCUT2D eigenvalue weighted by molar-refractivity contribution is -0.0567. The second-order valence-corrected chi connectivity index (χ2v) is 7.09. The molecular formula is C16H21NO5S. The van der Waals surface area contributed by atoms with E-state index in [1.807, 2.05) is 5.38 Å². The topological polar surface area (TPSA) is 66.0 Å². The third-order valence-electron chi connectivity index (χ3n) is 4.36. The van der Waals surface area contributed by atoms with Crippen LogP contribution in [0, 0.1) is 5.92 Å². The Bertz CT molecular complexity index is 571. The molecule has 3 aliphatic rings. The molecule has 1 aromatic heterocycles. The Hall–Kier alpha value is -1.31. The number of nitrogens with one attached hydrogen (secondary N) is 1. The Kier molecular flexibility index (Phi) is 4.41. The van der Waals surface area contributed by atoms with E-state index in [2.05, 4.69) is 5.32 Å². The molecule has 0 aromatic carbocycles. The normalized spacial score (nSPS) is 26.8. The zero-order chi connectivity index (χ0) is 15.6. The van der Waals surface area contributed by atoms with Crippen molar-refractivity contribution in [3.05, 3.63) is 10.3 Å². The van der Waals surface area contributed by atoms with Crippen molar-refractivity contribution >= 4 is 17.2 Å². The number of carbonyl (C=O) groups is 1. The van der Waals surface area contributed by atoms with Crippen LogP contribution in [0.4, 0.5) is 0 Å². The van der Waals surface area contributed by atoms with Crippen molar-refractivity contribution in [3.8, 4) is 11.5 Å². The fraction of sp³-hybridized carbons (Fsp3) is 0.688. The van der Waals surface area contributed by atoms with Gasteiger partial charge in [0.2, 0.25) is 0 Å². The van der Waals surface area contributed by atoms with Gasteiger partial charge in [-0.3, -0.25) is 4.79 Å². The first-order valence-electron chi connectivity index (χ1n) is 8.18. The maximum atomic E-state index is 12.6. The molecule has 2 atom stereocenters. The van der Waals surface area contributed by atoms with Gasteiger partial charge in [0.15, 0.2) is 11.5 Å². The van der Waals surface area contributed by atoms with E-state index in [1.54, 1.807) is 0 Å². The highest BCUT2D eigenvalue weighted by Gasteiger charge is 2.32. The number of amides is 1. The average Bonchev–Trinajstić information content (AvgIpc) is 3.31. The molecule has 3 heterocycles. The van der Waals surface area contributed by atoms with E-state index in [1.165, 1.54) is 24.2 Å². The fourth-order valence-corrected chi connectivity index (χ4v) is 3.68. The molecule has 2 aliphatic heterocycles. The van der Waals surface area contributed by atoms with Crippen molar-refractivity contribution in [2.45, 2.75) is 31.4 Å². The molecule has 7 heteroatoms. The third-order valence-corrected chi connectivity index (χ3v) is 5.30. The summed E-state index contributed by atoms with van der Waals surface area (Å²) in [4.78, 5) is 13.2. The first-order chi connectivity index (χ1) is 11.3. The SMILES string of the molecule is O=C(N[C@@H]1COCC[C@@H]1OCC1CC1)c1scc2c1OCCO2. The highest BCUT2D eigenvalue weighted by atomic mass is 32.1. The molecular weight excluding hydrogens is 318 g/mol. The Labute approximate surface area is 139 Å². The predicted molar refractivity (Wildman–Crippen MR) is 84.5 cm³/mol. The highest BCUT2D eigenvalue weighted by molar-refractivity contribution is 7.12. The fourth-order valence-electron chi connectivity index (χ4n) is 2.85. The minimum Gasteiger partial charge on any atom is -0.485 e. The second-order valence-electron chi connectivity index (χ2n) is 6.21. The number of thiophene rings is 1. The van der Waals surface area contributed by atoms with Crippen LogP contribution in [0.25, 0.3) is 0 Å². The van der Waals surface area contributed by atoms with Crippen molar-refractivity contribution in [2.24, 2.45) is 5.92 Å². The summed E-state index contributed by atoms with van der Waals surface area (Å²) in [6, 6.07) is -0.114. The van der Waals surface area contributed by atoms with Crippen LogP contribution in [0.3, 0.4) is 0 Å². The number of ether oxygens (including phenoxy) is 4. The number of fused-ring (bicyclic) bond motifs is 1. The summed E-state index contributed by atoms with van der Waals surface area (Å²) in [5, 5.41) is 4.87. The summed E-state index contributed by atoms with van der Waals surface area (Å²) < 4.78 is 22.6. The van der Waals surface area contributed by atoms with Crippen molar-refractivity contribution in [3.63, 3.8) is 0 Å². The van der Waals surface area contributed by atoms with Crippen LogP contribution < -0.4 is 14.8 Å². The van der Waals surface area contributed by atoms with E-state index in [0.29, 0.717) is 48.7 Å². The highest BCUT2D eigenvalue weighted by Crippen LogP contribution is 2.39. The lowest BCUT2D eigenvalue weighted by Crippen LogP contribution is -2.50. The van der Waals surface area contributed by atoms with Gasteiger partial charge in [0.25, 0.3) is 5.91 Å². The van der Waals surface area contributed by atoms with E-state index in [0.717, 1.165) is 13.0 Å². The Morgan fingerprint density at radius 1 is 1.26 bits per heavy atom. The predicted octanol–water partition coefficient (Wildman–Crippen LogP) is 1.83. The maximum absolute atomic E-state index is 12.6. The van der Waals surface area contributed by atoms with Gasteiger partial charge in [-0.05, 0) is 25.2 Å². The van der Waals surface area contributed by atoms with Crippen LogP contribution in [0.5, 0.6) is 11.5 Å². The zero-order valence-electron chi connectivity index (χ0n) is 12.9. The summed E-state index contributed by atoms with van der Waals surface area (Å²) in [5.41, 5.74) is 0. The van der Waals surface area contributed by atoms with Crippen molar-refractivity contribution in [1.82, 2.24) is 5.32 Å². The number of hydrogen-bond acceptors (Lipinski definition) is 6. The first kappa shape index (κ1) is 15.2. The lowest BCUT2D eigenvalue weighted by Gasteiger charge is -2.32. The molecule has 1 saturated heterocycles. The maximum Gasteiger partial charge on any atom is 0.265 e. The molecule has 23 heavy (non-hydrogen) atoms. The van der Waals surface area contributed by atoms with E-state index in [4.69, 9.17) is 18.9 Å². The number of rotatable bonds is 5. The molecule has 0 radical (unpaired) electrons. The summed E-state index contributed by atoms with van der Waals surface area (Å²) in [6.07, 6.45) is 3.37. The van der Waals surface area contributed by atoms with E-state index in [9.17, 15) is 4.79 Å². The number of carbonyl (C=O) groups excluding carboxylic acids is 1. The Balaban J connectivity index is 1.40. The van der Waals surface area contributed by atoms with Crippen molar-refractivity contribution in [1.29, 1.82) is 0 Å². The van der Waals surface area contributed by atoms with Gasteiger partial charge in [-0.2, -0.15) is 0 Å². The first-order valence-corrected chi connectivity index (χ1v) is 9.06. The molecule has 1 N–H and O–H groups in total. The minimum atomic E-state index is -0.141. The van der Waals surface area contributed by atoms with Crippen LogP contribution in [-0.4, -0.2) is 51.1 Å². The van der Waals surface area contributed by atoms with Crippen LogP contribution in [-0.2, 0) is 9.47 Å². The summed E-state index contributed by atoms with van der Waals surface area (Å²) >= 11 is 1.35. The lowest BCUT2D eigenvalue weighted by atomic mass is 10.1. The van der Waals surface area contributed by atoms with Gasteiger partial charge in [-0.25, -0.2) is 0 Å². The van der Waals surface area contributed by atoms with Gasteiger partial charge in [0.05, 0.1) is 18.8 Å². The van der Waals surface area contributed by atoms with E-state index >= 15 is 0 Å². The zero-order valence-corrected chi connectivity index (χ0v) is 13.7. The summed E-state index contributed by atoms with van der Waals surface area (Å²) in [7, 11) is 0. The van der Waals surface area contributed by atoms with E-state index in [-0.39, 0.29) is 18.1 Å². The van der Waals surface area contributed by atoms with E-state index < -0.39 is 0 Å². The van der Waals surface area contributed by atoms with Crippen LogP contribution >= 0.6 is 11.3 Å². The Morgan fingerprint density at radius 3 is 3.00 bits per heavy atom.